The van der Waals surface area contributed by atoms with Crippen LogP contribution in [0, 0.1) is 12.8 Å². The summed E-state index contributed by atoms with van der Waals surface area (Å²) < 4.78 is 5.29. The lowest BCUT2D eigenvalue weighted by Gasteiger charge is -2.18. The highest BCUT2D eigenvalue weighted by molar-refractivity contribution is 6.00. The lowest BCUT2D eigenvalue weighted by atomic mass is 10.1. The fourth-order valence-corrected chi connectivity index (χ4v) is 2.93. The van der Waals surface area contributed by atoms with Gasteiger partial charge in [0, 0.05) is 24.3 Å². The number of esters is 1. The Labute approximate surface area is 158 Å². The van der Waals surface area contributed by atoms with Crippen LogP contribution in [0.3, 0.4) is 0 Å². The number of carbonyl (C=O) groups is 3. The predicted molar refractivity (Wildman–Crippen MR) is 102 cm³/mol. The minimum atomic E-state index is -0.943. The van der Waals surface area contributed by atoms with Crippen molar-refractivity contribution in [2.75, 3.05) is 16.8 Å². The molecule has 27 heavy (non-hydrogen) atoms. The Morgan fingerprint density at radius 2 is 1.78 bits per heavy atom. The first-order valence-corrected chi connectivity index (χ1v) is 8.87. The zero-order chi connectivity index (χ0) is 19.4. The number of para-hydroxylation sites is 1. The molecule has 6 nitrogen and oxygen atoms in total. The van der Waals surface area contributed by atoms with Gasteiger partial charge in [-0.15, -0.1) is 0 Å². The first-order chi connectivity index (χ1) is 12.9. The lowest BCUT2D eigenvalue weighted by molar-refractivity contribution is -0.157. The first kappa shape index (κ1) is 18.6. The Bertz CT molecular complexity index is 833. The van der Waals surface area contributed by atoms with E-state index in [2.05, 4.69) is 5.32 Å². The third-order valence-electron chi connectivity index (χ3n) is 4.51. The van der Waals surface area contributed by atoms with E-state index in [1.807, 2.05) is 37.3 Å². The summed E-state index contributed by atoms with van der Waals surface area (Å²) in [4.78, 5) is 38.4. The molecule has 2 atom stereocenters. The van der Waals surface area contributed by atoms with Crippen LogP contribution in [0.25, 0.3) is 0 Å². The zero-order valence-electron chi connectivity index (χ0n) is 15.3. The minimum Gasteiger partial charge on any atom is -0.452 e. The largest absolute Gasteiger partial charge is 0.452 e. The normalized spacial score (nSPS) is 17.5. The number of hydrogen-bond donors (Lipinski definition) is 1. The molecule has 6 heteroatoms. The van der Waals surface area contributed by atoms with Crippen LogP contribution in [0.5, 0.6) is 0 Å². The van der Waals surface area contributed by atoms with Gasteiger partial charge in [0.25, 0.3) is 5.91 Å². The summed E-state index contributed by atoms with van der Waals surface area (Å²) in [6, 6.07) is 16.5. The van der Waals surface area contributed by atoms with E-state index < -0.39 is 23.9 Å². The molecule has 0 aromatic heterocycles. The molecule has 1 aliphatic rings. The number of carbonyl (C=O) groups excluding carboxylic acids is 3. The molecule has 0 unspecified atom stereocenters. The van der Waals surface area contributed by atoms with Gasteiger partial charge in [-0.05, 0) is 38.1 Å². The molecule has 2 amide bonds. The number of ether oxygens (including phenoxy) is 1. The van der Waals surface area contributed by atoms with Crippen LogP contribution in [-0.2, 0) is 19.1 Å². The van der Waals surface area contributed by atoms with Crippen molar-refractivity contribution in [2.24, 2.45) is 5.92 Å². The molecule has 0 saturated carbocycles. The van der Waals surface area contributed by atoms with E-state index in [1.165, 1.54) is 6.92 Å². The smallest absolute Gasteiger partial charge is 0.312 e. The lowest BCUT2D eigenvalue weighted by Crippen LogP contribution is -2.33. The molecule has 140 valence electrons. The summed E-state index contributed by atoms with van der Waals surface area (Å²) in [7, 11) is 0. The Morgan fingerprint density at radius 1 is 1.11 bits per heavy atom. The van der Waals surface area contributed by atoms with Crippen LogP contribution in [0.15, 0.2) is 54.6 Å². The number of nitrogens with one attached hydrogen (secondary N) is 1. The highest BCUT2D eigenvalue weighted by Gasteiger charge is 2.37. The summed E-state index contributed by atoms with van der Waals surface area (Å²) in [5.74, 6) is -1.64. The van der Waals surface area contributed by atoms with Gasteiger partial charge in [-0.1, -0.05) is 35.9 Å². The maximum absolute atomic E-state index is 12.4. The number of hydrogen-bond acceptors (Lipinski definition) is 4. The molecule has 1 fully saturated rings. The predicted octanol–water partition coefficient (Wildman–Crippen LogP) is 2.92. The van der Waals surface area contributed by atoms with Crippen LogP contribution in [0.1, 0.15) is 18.9 Å². The first-order valence-electron chi connectivity index (χ1n) is 8.87. The number of rotatable bonds is 5. The van der Waals surface area contributed by atoms with Gasteiger partial charge in [-0.2, -0.15) is 0 Å². The molecule has 1 heterocycles. The van der Waals surface area contributed by atoms with Gasteiger partial charge in [0.2, 0.25) is 5.91 Å². The molecule has 2 aromatic rings. The number of benzene rings is 2. The summed E-state index contributed by atoms with van der Waals surface area (Å²) in [5, 5.41) is 2.69. The summed E-state index contributed by atoms with van der Waals surface area (Å²) in [6.07, 6.45) is -0.860. The van der Waals surface area contributed by atoms with E-state index >= 15 is 0 Å². The number of nitrogens with zero attached hydrogens (tertiary/aromatic N) is 1. The van der Waals surface area contributed by atoms with Crippen LogP contribution in [0.4, 0.5) is 11.4 Å². The second-order valence-electron chi connectivity index (χ2n) is 6.68. The van der Waals surface area contributed by atoms with E-state index in [-0.39, 0.29) is 18.9 Å². The Hall–Kier alpha value is -3.15. The maximum Gasteiger partial charge on any atom is 0.312 e. The molecule has 1 N–H and O–H groups in total. The van der Waals surface area contributed by atoms with Crippen molar-refractivity contribution in [3.8, 4) is 0 Å². The average Bonchev–Trinajstić information content (AvgIpc) is 3.05. The summed E-state index contributed by atoms with van der Waals surface area (Å²) in [6.45, 7) is 3.75. The van der Waals surface area contributed by atoms with Crippen LogP contribution >= 0.6 is 0 Å². The van der Waals surface area contributed by atoms with Crippen molar-refractivity contribution >= 4 is 29.2 Å². The molecular formula is C21H22N2O4. The van der Waals surface area contributed by atoms with Gasteiger partial charge in [-0.3, -0.25) is 14.4 Å². The quantitative estimate of drug-likeness (QED) is 0.826. The standard InChI is InChI=1S/C21H22N2O4/c1-14-8-10-18(11-9-14)23-13-16(12-19(23)24)21(26)27-15(2)20(25)22-17-6-4-3-5-7-17/h3-11,15-16H,12-13H2,1-2H3,(H,22,25)/t15-,16+/m1/s1. The SMILES string of the molecule is Cc1ccc(N2C[C@@H](C(=O)O[C@H](C)C(=O)Nc3ccccc3)CC2=O)cc1. The molecule has 0 spiro atoms. The Morgan fingerprint density at radius 3 is 2.44 bits per heavy atom. The Balaban J connectivity index is 1.57. The fraction of sp³-hybridized carbons (Fsp3) is 0.286. The van der Waals surface area contributed by atoms with Gasteiger partial charge >= 0.3 is 5.97 Å². The van der Waals surface area contributed by atoms with Crippen LogP contribution < -0.4 is 10.2 Å². The highest BCUT2D eigenvalue weighted by atomic mass is 16.5. The van der Waals surface area contributed by atoms with Gasteiger partial charge in [0.05, 0.1) is 5.92 Å². The van der Waals surface area contributed by atoms with Gasteiger partial charge < -0.3 is 15.0 Å². The Kier molecular flexibility index (Phi) is 5.54. The van der Waals surface area contributed by atoms with Crippen molar-refractivity contribution in [1.82, 2.24) is 0 Å². The minimum absolute atomic E-state index is 0.0831. The molecule has 0 bridgehead atoms. The molecule has 3 rings (SSSR count). The molecule has 1 saturated heterocycles. The summed E-state index contributed by atoms with van der Waals surface area (Å²) in [5.41, 5.74) is 2.49. The molecule has 2 aromatic carbocycles. The molecular weight excluding hydrogens is 344 g/mol. The van der Waals surface area contributed by atoms with E-state index in [1.54, 1.807) is 29.2 Å². The molecule has 0 aliphatic carbocycles. The maximum atomic E-state index is 12.4. The van der Waals surface area contributed by atoms with Gasteiger partial charge in [0.1, 0.15) is 0 Å². The number of aryl methyl sites for hydroxylation is 1. The monoisotopic (exact) mass is 366 g/mol. The number of anilines is 2. The molecule has 0 radical (unpaired) electrons. The van der Waals surface area contributed by atoms with Crippen LogP contribution in [-0.4, -0.2) is 30.4 Å². The topological polar surface area (TPSA) is 75.7 Å². The van der Waals surface area contributed by atoms with E-state index in [9.17, 15) is 14.4 Å². The third kappa shape index (κ3) is 4.53. The fourth-order valence-electron chi connectivity index (χ4n) is 2.93. The van der Waals surface area contributed by atoms with Crippen LogP contribution in [0.2, 0.25) is 0 Å². The van der Waals surface area contributed by atoms with Crippen molar-refractivity contribution in [2.45, 2.75) is 26.4 Å². The van der Waals surface area contributed by atoms with E-state index in [0.29, 0.717) is 5.69 Å². The van der Waals surface area contributed by atoms with Gasteiger partial charge in [-0.25, -0.2) is 0 Å². The van der Waals surface area contributed by atoms with Crippen molar-refractivity contribution < 1.29 is 19.1 Å². The highest BCUT2D eigenvalue weighted by Crippen LogP contribution is 2.26. The second kappa shape index (κ2) is 8.03. The van der Waals surface area contributed by atoms with Crippen molar-refractivity contribution in [3.63, 3.8) is 0 Å². The second-order valence-corrected chi connectivity index (χ2v) is 6.68. The van der Waals surface area contributed by atoms with Gasteiger partial charge in [0.15, 0.2) is 6.10 Å². The zero-order valence-corrected chi connectivity index (χ0v) is 15.3. The van der Waals surface area contributed by atoms with Crippen molar-refractivity contribution in [1.29, 1.82) is 0 Å². The summed E-state index contributed by atoms with van der Waals surface area (Å²) >= 11 is 0. The van der Waals surface area contributed by atoms with Crippen molar-refractivity contribution in [3.05, 3.63) is 60.2 Å². The van der Waals surface area contributed by atoms with E-state index in [0.717, 1.165) is 11.3 Å². The molecule has 1 aliphatic heterocycles. The average molecular weight is 366 g/mol. The third-order valence-corrected chi connectivity index (χ3v) is 4.51. The number of amides is 2. The van der Waals surface area contributed by atoms with E-state index in [4.69, 9.17) is 4.74 Å².